The summed E-state index contributed by atoms with van der Waals surface area (Å²) in [5, 5.41) is 2.75. The molecule has 1 amide bonds. The minimum absolute atomic E-state index is 0.0136. The molecule has 0 bridgehead atoms. The number of benzene rings is 2. The zero-order chi connectivity index (χ0) is 23.5. The van der Waals surface area contributed by atoms with Gasteiger partial charge in [0.1, 0.15) is 6.54 Å². The van der Waals surface area contributed by atoms with Crippen LogP contribution in [0, 0.1) is 0 Å². The van der Waals surface area contributed by atoms with Gasteiger partial charge in [-0.15, -0.1) is 0 Å². The van der Waals surface area contributed by atoms with E-state index in [2.05, 4.69) is 5.32 Å². The minimum atomic E-state index is -3.84. The van der Waals surface area contributed by atoms with E-state index in [4.69, 9.17) is 23.2 Å². The molecule has 1 saturated heterocycles. The van der Waals surface area contributed by atoms with Crippen molar-refractivity contribution in [2.45, 2.75) is 24.2 Å². The Balaban J connectivity index is 1.74. The van der Waals surface area contributed by atoms with E-state index in [-0.39, 0.29) is 20.6 Å². The molecule has 0 spiro atoms. The summed E-state index contributed by atoms with van der Waals surface area (Å²) in [6, 6.07) is 10.2. The standard InChI is InChI=1S/C20H23Cl2N3O5S2/c1-31(27,28)25(18-7-5-6-17(21)20(18)22)14-19(26)23-15-8-10-16(11-9-15)32(29,30)24-12-3-2-4-13-24/h5-11H,2-4,12-14H2,1H3,(H,23,26). The maximum atomic E-state index is 12.7. The number of nitrogens with one attached hydrogen (secondary N) is 1. The van der Waals surface area contributed by atoms with Crippen LogP contribution in [0.5, 0.6) is 0 Å². The predicted molar refractivity (Wildman–Crippen MR) is 126 cm³/mol. The Labute approximate surface area is 198 Å². The molecule has 0 saturated carbocycles. The third-order valence-corrected chi connectivity index (χ3v) is 8.83. The quantitative estimate of drug-likeness (QED) is 0.601. The molecule has 2 aromatic carbocycles. The van der Waals surface area contributed by atoms with Crippen molar-refractivity contribution >= 4 is 60.5 Å². The van der Waals surface area contributed by atoms with Gasteiger partial charge in [0.2, 0.25) is 26.0 Å². The van der Waals surface area contributed by atoms with E-state index in [1.807, 2.05) is 0 Å². The number of halogens is 2. The van der Waals surface area contributed by atoms with Gasteiger partial charge in [0.25, 0.3) is 0 Å². The topological polar surface area (TPSA) is 104 Å². The first-order valence-corrected chi connectivity index (χ1v) is 13.9. The molecule has 8 nitrogen and oxygen atoms in total. The average Bonchev–Trinajstić information content (AvgIpc) is 2.74. The largest absolute Gasteiger partial charge is 0.325 e. The third-order valence-electron chi connectivity index (χ3n) is 4.98. The zero-order valence-electron chi connectivity index (χ0n) is 17.3. The van der Waals surface area contributed by atoms with Crippen molar-refractivity contribution in [2.24, 2.45) is 0 Å². The number of hydrogen-bond acceptors (Lipinski definition) is 5. The van der Waals surface area contributed by atoms with Crippen LogP contribution in [-0.4, -0.2) is 52.9 Å². The summed E-state index contributed by atoms with van der Waals surface area (Å²) in [6.07, 6.45) is 3.64. The molecule has 0 atom stereocenters. The summed E-state index contributed by atoms with van der Waals surface area (Å²) < 4.78 is 52.3. The first-order chi connectivity index (χ1) is 15.0. The molecule has 1 fully saturated rings. The average molecular weight is 520 g/mol. The van der Waals surface area contributed by atoms with Crippen molar-refractivity contribution in [3.63, 3.8) is 0 Å². The number of carbonyl (C=O) groups is 1. The van der Waals surface area contributed by atoms with Gasteiger partial charge in [-0.2, -0.15) is 4.31 Å². The SMILES string of the molecule is CS(=O)(=O)N(CC(=O)Nc1ccc(S(=O)(=O)N2CCCCC2)cc1)c1cccc(Cl)c1Cl. The molecule has 174 valence electrons. The molecule has 3 rings (SSSR count). The fraction of sp³-hybridized carbons (Fsp3) is 0.350. The molecule has 12 heteroatoms. The number of piperidine rings is 1. The van der Waals surface area contributed by atoms with E-state index in [1.54, 1.807) is 0 Å². The van der Waals surface area contributed by atoms with Gasteiger partial charge >= 0.3 is 0 Å². The van der Waals surface area contributed by atoms with Gasteiger partial charge in [-0.25, -0.2) is 16.8 Å². The summed E-state index contributed by atoms with van der Waals surface area (Å²) >= 11 is 12.1. The number of hydrogen-bond donors (Lipinski definition) is 1. The molecule has 1 aliphatic heterocycles. The van der Waals surface area contributed by atoms with Crippen LogP contribution in [0.25, 0.3) is 0 Å². The van der Waals surface area contributed by atoms with Crippen LogP contribution >= 0.6 is 23.2 Å². The molecule has 0 aliphatic carbocycles. The van der Waals surface area contributed by atoms with Gasteiger partial charge < -0.3 is 5.32 Å². The van der Waals surface area contributed by atoms with Crippen molar-refractivity contribution in [2.75, 3.05) is 35.5 Å². The highest BCUT2D eigenvalue weighted by Gasteiger charge is 2.26. The first kappa shape index (κ1) is 24.8. The Morgan fingerprint density at radius 1 is 1.00 bits per heavy atom. The van der Waals surface area contributed by atoms with Gasteiger partial charge in [0, 0.05) is 18.8 Å². The molecule has 1 heterocycles. The van der Waals surface area contributed by atoms with E-state index < -0.39 is 32.5 Å². The van der Waals surface area contributed by atoms with E-state index in [0.29, 0.717) is 18.8 Å². The maximum absolute atomic E-state index is 12.7. The van der Waals surface area contributed by atoms with E-state index in [0.717, 1.165) is 29.8 Å². The molecule has 1 N–H and O–H groups in total. The second-order valence-corrected chi connectivity index (χ2v) is 12.0. The van der Waals surface area contributed by atoms with Crippen LogP contribution in [0.3, 0.4) is 0 Å². The van der Waals surface area contributed by atoms with E-state index >= 15 is 0 Å². The summed E-state index contributed by atoms with van der Waals surface area (Å²) in [4.78, 5) is 12.7. The summed E-state index contributed by atoms with van der Waals surface area (Å²) in [6.45, 7) is 0.454. The van der Waals surface area contributed by atoms with Gasteiger partial charge in [-0.05, 0) is 49.2 Å². The number of sulfonamides is 2. The van der Waals surface area contributed by atoms with Crippen molar-refractivity contribution in [3.05, 3.63) is 52.5 Å². The second-order valence-electron chi connectivity index (χ2n) is 7.38. The first-order valence-electron chi connectivity index (χ1n) is 9.82. The fourth-order valence-electron chi connectivity index (χ4n) is 3.36. The second kappa shape index (κ2) is 9.96. The molecule has 0 unspecified atom stereocenters. The van der Waals surface area contributed by atoms with Crippen LogP contribution in [-0.2, 0) is 24.8 Å². The highest BCUT2D eigenvalue weighted by molar-refractivity contribution is 7.92. The van der Waals surface area contributed by atoms with E-state index in [9.17, 15) is 21.6 Å². The number of nitrogens with zero attached hydrogens (tertiary/aromatic N) is 2. The van der Waals surface area contributed by atoms with Crippen LogP contribution in [0.15, 0.2) is 47.4 Å². The lowest BCUT2D eigenvalue weighted by Gasteiger charge is -2.26. The van der Waals surface area contributed by atoms with Crippen LogP contribution in [0.4, 0.5) is 11.4 Å². The number of amides is 1. The predicted octanol–water partition coefficient (Wildman–Crippen LogP) is 3.57. The van der Waals surface area contributed by atoms with Crippen LogP contribution in [0.2, 0.25) is 10.0 Å². The van der Waals surface area contributed by atoms with E-state index in [1.165, 1.54) is 46.8 Å². The van der Waals surface area contributed by atoms with Crippen LogP contribution < -0.4 is 9.62 Å². The lowest BCUT2D eigenvalue weighted by molar-refractivity contribution is -0.114. The Hall–Kier alpha value is -1.85. The number of anilines is 2. The number of rotatable bonds is 7. The number of carbonyl (C=O) groups excluding carboxylic acids is 1. The highest BCUT2D eigenvalue weighted by Crippen LogP contribution is 2.33. The zero-order valence-corrected chi connectivity index (χ0v) is 20.4. The van der Waals surface area contributed by atoms with Gasteiger partial charge in [0.05, 0.1) is 26.9 Å². The lowest BCUT2D eigenvalue weighted by Crippen LogP contribution is -2.37. The fourth-order valence-corrected chi connectivity index (χ4v) is 6.19. The normalized spacial score (nSPS) is 15.3. The summed E-state index contributed by atoms with van der Waals surface area (Å²) in [5.74, 6) is -0.627. The van der Waals surface area contributed by atoms with Crippen molar-refractivity contribution in [1.29, 1.82) is 0 Å². The molecule has 1 aliphatic rings. The van der Waals surface area contributed by atoms with Crippen molar-refractivity contribution in [1.82, 2.24) is 4.31 Å². The van der Waals surface area contributed by atoms with Crippen molar-refractivity contribution < 1.29 is 21.6 Å². The third kappa shape index (κ3) is 5.74. The summed E-state index contributed by atoms with van der Waals surface area (Å²) in [7, 11) is -7.42. The Morgan fingerprint density at radius 2 is 1.62 bits per heavy atom. The lowest BCUT2D eigenvalue weighted by atomic mass is 10.2. The van der Waals surface area contributed by atoms with Gasteiger partial charge in [-0.1, -0.05) is 35.7 Å². The van der Waals surface area contributed by atoms with Gasteiger partial charge in [0.15, 0.2) is 0 Å². The molecule has 2 aromatic rings. The molecule has 0 radical (unpaired) electrons. The Morgan fingerprint density at radius 3 is 2.22 bits per heavy atom. The minimum Gasteiger partial charge on any atom is -0.325 e. The molecule has 32 heavy (non-hydrogen) atoms. The smallest absolute Gasteiger partial charge is 0.245 e. The molecular weight excluding hydrogens is 497 g/mol. The Bertz CT molecular complexity index is 1200. The molecular formula is C20H23Cl2N3O5S2. The maximum Gasteiger partial charge on any atom is 0.245 e. The Kier molecular flexibility index (Phi) is 7.72. The van der Waals surface area contributed by atoms with Crippen LogP contribution in [0.1, 0.15) is 19.3 Å². The van der Waals surface area contributed by atoms with Gasteiger partial charge in [-0.3, -0.25) is 9.10 Å². The highest BCUT2D eigenvalue weighted by atomic mass is 35.5. The monoisotopic (exact) mass is 519 g/mol. The van der Waals surface area contributed by atoms with Crippen molar-refractivity contribution in [3.8, 4) is 0 Å². The summed E-state index contributed by atoms with van der Waals surface area (Å²) in [5.41, 5.74) is 0.415. The molecule has 0 aromatic heterocycles.